The molecule has 1 fully saturated rings. The first-order chi connectivity index (χ1) is 15.2. The Morgan fingerprint density at radius 1 is 0.969 bits per heavy atom. The van der Waals surface area contributed by atoms with Crippen molar-refractivity contribution in [2.45, 2.75) is 23.8 Å². The van der Waals surface area contributed by atoms with Crippen LogP contribution in [0.2, 0.25) is 0 Å². The molecule has 0 bridgehead atoms. The van der Waals surface area contributed by atoms with Crippen molar-refractivity contribution in [2.24, 2.45) is 14.1 Å². The van der Waals surface area contributed by atoms with Gasteiger partial charge in [0.2, 0.25) is 15.9 Å². The molecule has 0 spiro atoms. The summed E-state index contributed by atoms with van der Waals surface area (Å²) < 4.78 is 31.3. The van der Waals surface area contributed by atoms with E-state index >= 15 is 0 Å². The van der Waals surface area contributed by atoms with Crippen molar-refractivity contribution in [1.82, 2.24) is 18.8 Å². The van der Waals surface area contributed by atoms with Gasteiger partial charge in [0.15, 0.2) is 0 Å². The molecule has 3 aromatic rings. The SMILES string of the molecule is Cn1c(=O)c2cc(S(=O)(=O)N[C@H](C(=O)N3CCCC3)c3ccccc3)ccc2n(C)c1=O. The number of aryl methyl sites for hydroxylation is 1. The second-order valence-corrected chi connectivity index (χ2v) is 9.60. The van der Waals surface area contributed by atoms with Gasteiger partial charge in [-0.25, -0.2) is 13.2 Å². The summed E-state index contributed by atoms with van der Waals surface area (Å²) >= 11 is 0. The third-order valence-corrected chi connectivity index (χ3v) is 7.24. The van der Waals surface area contributed by atoms with Gasteiger partial charge in [-0.15, -0.1) is 0 Å². The summed E-state index contributed by atoms with van der Waals surface area (Å²) in [5, 5.41) is 0.0969. The molecule has 10 heteroatoms. The lowest BCUT2D eigenvalue weighted by atomic mass is 10.1. The first kappa shape index (κ1) is 22.0. The Hall–Kier alpha value is -3.24. The van der Waals surface area contributed by atoms with Gasteiger partial charge in [-0.1, -0.05) is 30.3 Å². The van der Waals surface area contributed by atoms with Crippen molar-refractivity contribution in [3.05, 3.63) is 74.9 Å². The summed E-state index contributed by atoms with van der Waals surface area (Å²) in [5.74, 6) is -0.309. The van der Waals surface area contributed by atoms with E-state index in [0.29, 0.717) is 24.2 Å². The normalized spacial score (nSPS) is 15.2. The summed E-state index contributed by atoms with van der Waals surface area (Å²) in [6.45, 7) is 1.17. The summed E-state index contributed by atoms with van der Waals surface area (Å²) in [7, 11) is -1.31. The minimum atomic E-state index is -4.16. The molecule has 1 atom stereocenters. The topological polar surface area (TPSA) is 110 Å². The van der Waals surface area contributed by atoms with Gasteiger partial charge in [0.25, 0.3) is 5.56 Å². The lowest BCUT2D eigenvalue weighted by Gasteiger charge is -2.24. The minimum Gasteiger partial charge on any atom is -0.341 e. The second-order valence-electron chi connectivity index (χ2n) is 7.88. The maximum atomic E-state index is 13.3. The Labute approximate surface area is 184 Å². The molecular weight excluding hydrogens is 432 g/mol. The number of hydrogen-bond donors (Lipinski definition) is 1. The third-order valence-electron chi connectivity index (χ3n) is 5.82. The van der Waals surface area contributed by atoms with Gasteiger partial charge < -0.3 is 4.90 Å². The highest BCUT2D eigenvalue weighted by atomic mass is 32.2. The Kier molecular flexibility index (Phi) is 5.74. The Morgan fingerprint density at radius 3 is 2.28 bits per heavy atom. The van der Waals surface area contributed by atoms with Crippen LogP contribution in [0.25, 0.3) is 10.9 Å². The summed E-state index contributed by atoms with van der Waals surface area (Å²) in [6.07, 6.45) is 1.76. The lowest BCUT2D eigenvalue weighted by Crippen LogP contribution is -2.42. The first-order valence-corrected chi connectivity index (χ1v) is 11.7. The van der Waals surface area contributed by atoms with Gasteiger partial charge in [0.1, 0.15) is 6.04 Å². The fourth-order valence-corrected chi connectivity index (χ4v) is 5.19. The van der Waals surface area contributed by atoms with Crippen molar-refractivity contribution in [2.75, 3.05) is 13.1 Å². The molecule has 168 valence electrons. The van der Waals surface area contributed by atoms with E-state index in [2.05, 4.69) is 4.72 Å². The van der Waals surface area contributed by atoms with Crippen LogP contribution in [-0.4, -0.2) is 41.4 Å². The number of aromatic nitrogens is 2. The molecule has 0 saturated carbocycles. The van der Waals surface area contributed by atoms with Crippen LogP contribution >= 0.6 is 0 Å². The predicted molar refractivity (Wildman–Crippen MR) is 120 cm³/mol. The molecule has 0 unspecified atom stereocenters. The predicted octanol–water partition coefficient (Wildman–Crippen LogP) is 0.879. The largest absolute Gasteiger partial charge is 0.341 e. The number of carbonyl (C=O) groups is 1. The van der Waals surface area contributed by atoms with E-state index in [4.69, 9.17) is 0 Å². The van der Waals surface area contributed by atoms with Crippen LogP contribution in [-0.2, 0) is 28.9 Å². The van der Waals surface area contributed by atoms with Gasteiger partial charge in [-0.3, -0.25) is 18.7 Å². The van der Waals surface area contributed by atoms with Gasteiger partial charge in [-0.2, -0.15) is 4.72 Å². The van der Waals surface area contributed by atoms with E-state index in [-0.39, 0.29) is 16.2 Å². The molecule has 2 aromatic carbocycles. The van der Waals surface area contributed by atoms with E-state index in [1.54, 1.807) is 35.2 Å². The molecule has 2 heterocycles. The molecule has 4 rings (SSSR count). The van der Waals surface area contributed by atoms with Crippen LogP contribution in [0, 0.1) is 0 Å². The van der Waals surface area contributed by atoms with Crippen LogP contribution in [0.3, 0.4) is 0 Å². The number of nitrogens with one attached hydrogen (secondary N) is 1. The van der Waals surface area contributed by atoms with Crippen molar-refractivity contribution in [3.63, 3.8) is 0 Å². The van der Waals surface area contributed by atoms with E-state index in [1.807, 2.05) is 0 Å². The minimum absolute atomic E-state index is 0.0969. The highest BCUT2D eigenvalue weighted by Crippen LogP contribution is 2.23. The van der Waals surface area contributed by atoms with Crippen molar-refractivity contribution in [1.29, 1.82) is 0 Å². The Balaban J connectivity index is 1.77. The number of fused-ring (bicyclic) bond motifs is 1. The Bertz CT molecular complexity index is 1400. The molecule has 1 aliphatic heterocycles. The summed E-state index contributed by atoms with van der Waals surface area (Å²) in [6, 6.07) is 11.6. The fourth-order valence-electron chi connectivity index (χ4n) is 3.99. The second kappa shape index (κ2) is 8.36. The van der Waals surface area contributed by atoms with Crippen LogP contribution < -0.4 is 16.0 Å². The summed E-state index contributed by atoms with van der Waals surface area (Å²) in [5.41, 5.74) is -0.235. The number of sulfonamides is 1. The van der Waals surface area contributed by atoms with Crippen LogP contribution in [0.5, 0.6) is 0 Å². The smallest absolute Gasteiger partial charge is 0.330 e. The molecule has 1 saturated heterocycles. The van der Waals surface area contributed by atoms with Gasteiger partial charge >= 0.3 is 5.69 Å². The van der Waals surface area contributed by atoms with E-state index in [1.165, 1.54) is 36.9 Å². The monoisotopic (exact) mass is 456 g/mol. The highest BCUT2D eigenvalue weighted by Gasteiger charge is 2.32. The van der Waals surface area contributed by atoms with E-state index < -0.39 is 27.3 Å². The van der Waals surface area contributed by atoms with Crippen LogP contribution in [0.15, 0.2) is 63.0 Å². The number of carbonyl (C=O) groups excluding carboxylic acids is 1. The Morgan fingerprint density at radius 2 is 1.62 bits per heavy atom. The molecule has 1 amide bonds. The standard InChI is InChI=1S/C22H24N4O5S/c1-24-18-11-10-16(14-17(18)20(27)25(2)22(24)29)32(30,31)23-19(15-8-4-3-5-9-15)21(28)26-12-6-7-13-26/h3-5,8-11,14,19,23H,6-7,12-13H2,1-2H3/t19-/m0/s1. The molecule has 32 heavy (non-hydrogen) atoms. The van der Waals surface area contributed by atoms with E-state index in [0.717, 1.165) is 17.4 Å². The molecule has 1 aliphatic rings. The van der Waals surface area contributed by atoms with Gasteiger partial charge in [-0.05, 0) is 36.6 Å². The quantitative estimate of drug-likeness (QED) is 0.613. The number of hydrogen-bond acceptors (Lipinski definition) is 5. The molecule has 1 N–H and O–H groups in total. The number of benzene rings is 2. The number of nitrogens with zero attached hydrogens (tertiary/aromatic N) is 3. The zero-order chi connectivity index (χ0) is 23.0. The average Bonchev–Trinajstić information content (AvgIpc) is 3.34. The lowest BCUT2D eigenvalue weighted by molar-refractivity contribution is -0.132. The van der Waals surface area contributed by atoms with Crippen molar-refractivity contribution < 1.29 is 13.2 Å². The molecular formula is C22H24N4O5S. The fraction of sp³-hybridized carbons (Fsp3) is 0.318. The van der Waals surface area contributed by atoms with Gasteiger partial charge in [0, 0.05) is 27.2 Å². The van der Waals surface area contributed by atoms with E-state index in [9.17, 15) is 22.8 Å². The summed E-state index contributed by atoms with van der Waals surface area (Å²) in [4.78, 5) is 39.4. The van der Waals surface area contributed by atoms with Crippen molar-refractivity contribution in [3.8, 4) is 0 Å². The third kappa shape index (κ3) is 3.87. The number of likely N-dealkylation sites (tertiary alicyclic amines) is 1. The molecule has 1 aromatic heterocycles. The van der Waals surface area contributed by atoms with Gasteiger partial charge in [0.05, 0.1) is 15.8 Å². The van der Waals surface area contributed by atoms with Crippen LogP contribution in [0.1, 0.15) is 24.4 Å². The van der Waals surface area contributed by atoms with Crippen LogP contribution in [0.4, 0.5) is 0 Å². The molecule has 0 aliphatic carbocycles. The first-order valence-electron chi connectivity index (χ1n) is 10.3. The molecule has 0 radical (unpaired) electrons. The highest BCUT2D eigenvalue weighted by molar-refractivity contribution is 7.89. The maximum absolute atomic E-state index is 13.3. The van der Waals surface area contributed by atoms with Crippen molar-refractivity contribution >= 4 is 26.8 Å². The maximum Gasteiger partial charge on any atom is 0.330 e. The number of amides is 1. The number of rotatable bonds is 5. The average molecular weight is 457 g/mol. The zero-order valence-corrected chi connectivity index (χ0v) is 18.6. The molecule has 9 nitrogen and oxygen atoms in total. The zero-order valence-electron chi connectivity index (χ0n) is 17.8.